The Balaban J connectivity index is 2.51. The van der Waals surface area contributed by atoms with Crippen LogP contribution in [0.25, 0.3) is 0 Å². The van der Waals surface area contributed by atoms with E-state index in [1.54, 1.807) is 0 Å². The van der Waals surface area contributed by atoms with Gasteiger partial charge in [-0.05, 0) is 45.7 Å². The van der Waals surface area contributed by atoms with Crippen molar-refractivity contribution in [1.29, 1.82) is 0 Å². The van der Waals surface area contributed by atoms with Gasteiger partial charge < -0.3 is 11.1 Å². The molecule has 1 rings (SSSR count). The van der Waals surface area contributed by atoms with E-state index in [4.69, 9.17) is 5.73 Å². The second kappa shape index (κ2) is 4.67. The average Bonchev–Trinajstić information content (AvgIpc) is 2.07. The molecule has 84 valence electrons. The zero-order valence-electron chi connectivity index (χ0n) is 10.2. The van der Waals surface area contributed by atoms with E-state index >= 15 is 0 Å². The van der Waals surface area contributed by atoms with Crippen molar-refractivity contribution in [2.24, 2.45) is 5.73 Å². The SMILES string of the molecule is Cc1ccc(NCCC(C)(C)N)c(C)c1. The number of nitrogens with one attached hydrogen (secondary N) is 1. The Labute approximate surface area is 92.9 Å². The van der Waals surface area contributed by atoms with Crippen LogP contribution >= 0.6 is 0 Å². The van der Waals surface area contributed by atoms with Crippen LogP contribution in [0.2, 0.25) is 0 Å². The third kappa shape index (κ3) is 4.34. The van der Waals surface area contributed by atoms with Crippen molar-refractivity contribution in [1.82, 2.24) is 0 Å². The van der Waals surface area contributed by atoms with Gasteiger partial charge in [0.2, 0.25) is 0 Å². The molecule has 0 aliphatic carbocycles. The summed E-state index contributed by atoms with van der Waals surface area (Å²) >= 11 is 0. The van der Waals surface area contributed by atoms with E-state index in [2.05, 4.69) is 51.2 Å². The smallest absolute Gasteiger partial charge is 0.0370 e. The molecule has 15 heavy (non-hydrogen) atoms. The average molecular weight is 206 g/mol. The molecule has 0 amide bonds. The third-order valence-electron chi connectivity index (χ3n) is 2.47. The number of hydrogen-bond acceptors (Lipinski definition) is 2. The number of hydrogen-bond donors (Lipinski definition) is 2. The first kappa shape index (κ1) is 12.1. The van der Waals surface area contributed by atoms with Gasteiger partial charge in [-0.2, -0.15) is 0 Å². The molecule has 0 radical (unpaired) electrons. The van der Waals surface area contributed by atoms with Crippen molar-refractivity contribution in [2.75, 3.05) is 11.9 Å². The summed E-state index contributed by atoms with van der Waals surface area (Å²) in [5, 5.41) is 3.42. The minimum atomic E-state index is -0.0917. The van der Waals surface area contributed by atoms with E-state index in [1.165, 1.54) is 16.8 Å². The number of anilines is 1. The topological polar surface area (TPSA) is 38.0 Å². The number of rotatable bonds is 4. The van der Waals surface area contributed by atoms with Crippen molar-refractivity contribution in [2.45, 2.75) is 39.7 Å². The molecule has 1 aromatic rings. The van der Waals surface area contributed by atoms with Gasteiger partial charge in [-0.25, -0.2) is 0 Å². The van der Waals surface area contributed by atoms with Crippen molar-refractivity contribution >= 4 is 5.69 Å². The van der Waals surface area contributed by atoms with E-state index in [1.807, 2.05) is 0 Å². The standard InChI is InChI=1S/C13H22N2/c1-10-5-6-12(11(2)9-10)15-8-7-13(3,4)14/h5-6,9,15H,7-8,14H2,1-4H3. The first-order valence-electron chi connectivity index (χ1n) is 5.48. The molecule has 0 spiro atoms. The van der Waals surface area contributed by atoms with Gasteiger partial charge in [0.05, 0.1) is 0 Å². The number of aryl methyl sites for hydroxylation is 2. The highest BCUT2D eigenvalue weighted by atomic mass is 14.9. The van der Waals surface area contributed by atoms with E-state index in [-0.39, 0.29) is 5.54 Å². The van der Waals surface area contributed by atoms with Crippen molar-refractivity contribution < 1.29 is 0 Å². The molecule has 0 saturated carbocycles. The molecule has 0 fully saturated rings. The van der Waals surface area contributed by atoms with Gasteiger partial charge in [0.1, 0.15) is 0 Å². The molecule has 0 aliphatic rings. The van der Waals surface area contributed by atoms with Gasteiger partial charge in [0, 0.05) is 17.8 Å². The third-order valence-corrected chi connectivity index (χ3v) is 2.47. The summed E-state index contributed by atoms with van der Waals surface area (Å²) in [7, 11) is 0. The first-order valence-corrected chi connectivity index (χ1v) is 5.48. The molecule has 0 aromatic heterocycles. The molecule has 0 unspecified atom stereocenters. The Morgan fingerprint density at radius 1 is 1.27 bits per heavy atom. The van der Waals surface area contributed by atoms with E-state index in [0.29, 0.717) is 0 Å². The summed E-state index contributed by atoms with van der Waals surface area (Å²) in [6, 6.07) is 6.45. The lowest BCUT2D eigenvalue weighted by Gasteiger charge is -2.19. The second-order valence-corrected chi connectivity index (χ2v) is 4.98. The Morgan fingerprint density at radius 2 is 1.93 bits per heavy atom. The van der Waals surface area contributed by atoms with E-state index in [0.717, 1.165) is 13.0 Å². The summed E-state index contributed by atoms with van der Waals surface area (Å²) < 4.78 is 0. The molecule has 2 heteroatoms. The number of benzene rings is 1. The van der Waals surface area contributed by atoms with Crippen LogP contribution < -0.4 is 11.1 Å². The molecule has 0 bridgehead atoms. The fraction of sp³-hybridized carbons (Fsp3) is 0.538. The van der Waals surface area contributed by atoms with Crippen LogP contribution in [0.1, 0.15) is 31.4 Å². The minimum Gasteiger partial charge on any atom is -0.385 e. The van der Waals surface area contributed by atoms with Crippen LogP contribution in [-0.4, -0.2) is 12.1 Å². The van der Waals surface area contributed by atoms with E-state index < -0.39 is 0 Å². The largest absolute Gasteiger partial charge is 0.385 e. The predicted octanol–water partition coefficient (Wildman–Crippen LogP) is 2.84. The van der Waals surface area contributed by atoms with Gasteiger partial charge >= 0.3 is 0 Å². The molecular weight excluding hydrogens is 184 g/mol. The molecule has 2 nitrogen and oxygen atoms in total. The van der Waals surface area contributed by atoms with Gasteiger partial charge in [-0.15, -0.1) is 0 Å². The first-order chi connectivity index (χ1) is 6.88. The van der Waals surface area contributed by atoms with Crippen LogP contribution in [0, 0.1) is 13.8 Å². The zero-order chi connectivity index (χ0) is 11.5. The Hall–Kier alpha value is -1.02. The van der Waals surface area contributed by atoms with Gasteiger partial charge in [-0.1, -0.05) is 17.7 Å². The highest BCUT2D eigenvalue weighted by molar-refractivity contribution is 5.51. The van der Waals surface area contributed by atoms with Crippen LogP contribution in [0.3, 0.4) is 0 Å². The Morgan fingerprint density at radius 3 is 2.47 bits per heavy atom. The van der Waals surface area contributed by atoms with Crippen molar-refractivity contribution in [3.8, 4) is 0 Å². The fourth-order valence-corrected chi connectivity index (χ4v) is 1.53. The maximum atomic E-state index is 5.92. The Kier molecular flexibility index (Phi) is 3.75. The lowest BCUT2D eigenvalue weighted by molar-refractivity contribution is 0.491. The highest BCUT2D eigenvalue weighted by Crippen LogP contribution is 2.16. The van der Waals surface area contributed by atoms with Gasteiger partial charge in [-0.3, -0.25) is 0 Å². The molecule has 3 N–H and O–H groups in total. The van der Waals surface area contributed by atoms with Crippen LogP contribution in [0.5, 0.6) is 0 Å². The van der Waals surface area contributed by atoms with Crippen molar-refractivity contribution in [3.05, 3.63) is 29.3 Å². The summed E-state index contributed by atoms with van der Waals surface area (Å²) in [4.78, 5) is 0. The molecule has 0 aliphatic heterocycles. The van der Waals surface area contributed by atoms with Crippen LogP contribution in [0.4, 0.5) is 5.69 Å². The van der Waals surface area contributed by atoms with Crippen LogP contribution in [-0.2, 0) is 0 Å². The van der Waals surface area contributed by atoms with E-state index in [9.17, 15) is 0 Å². The molecule has 0 saturated heterocycles. The fourth-order valence-electron chi connectivity index (χ4n) is 1.53. The number of nitrogens with two attached hydrogens (primary N) is 1. The van der Waals surface area contributed by atoms with Crippen molar-refractivity contribution in [3.63, 3.8) is 0 Å². The maximum absolute atomic E-state index is 5.92. The minimum absolute atomic E-state index is 0.0917. The van der Waals surface area contributed by atoms with Gasteiger partial charge in [0.25, 0.3) is 0 Å². The summed E-state index contributed by atoms with van der Waals surface area (Å²) in [5.74, 6) is 0. The Bertz CT molecular complexity index is 324. The highest BCUT2D eigenvalue weighted by Gasteiger charge is 2.09. The summed E-state index contributed by atoms with van der Waals surface area (Å²) in [5.41, 5.74) is 9.64. The normalized spacial score (nSPS) is 11.5. The van der Waals surface area contributed by atoms with Crippen LogP contribution in [0.15, 0.2) is 18.2 Å². The lowest BCUT2D eigenvalue weighted by atomic mass is 10.0. The second-order valence-electron chi connectivity index (χ2n) is 4.98. The summed E-state index contributed by atoms with van der Waals surface area (Å²) in [6.45, 7) is 9.27. The van der Waals surface area contributed by atoms with Gasteiger partial charge in [0.15, 0.2) is 0 Å². The quantitative estimate of drug-likeness (QED) is 0.795. The lowest BCUT2D eigenvalue weighted by Crippen LogP contribution is -2.34. The molecular formula is C13H22N2. The monoisotopic (exact) mass is 206 g/mol. The molecule has 0 heterocycles. The predicted molar refractivity (Wildman–Crippen MR) is 67.3 cm³/mol. The zero-order valence-corrected chi connectivity index (χ0v) is 10.2. The maximum Gasteiger partial charge on any atom is 0.0370 e. The molecule has 1 aromatic carbocycles. The summed E-state index contributed by atoms with van der Waals surface area (Å²) in [6.07, 6.45) is 0.973. The molecule has 0 atom stereocenters.